The van der Waals surface area contributed by atoms with E-state index in [0.29, 0.717) is 5.56 Å². The maximum atomic E-state index is 12.4. The predicted octanol–water partition coefficient (Wildman–Crippen LogP) is 1.79. The molecule has 1 aromatic heterocycles. The van der Waals surface area contributed by atoms with Gasteiger partial charge in [-0.2, -0.15) is 0 Å². The van der Waals surface area contributed by atoms with E-state index in [2.05, 4.69) is 9.71 Å². The highest BCUT2D eigenvalue weighted by Crippen LogP contribution is 2.36. The van der Waals surface area contributed by atoms with Crippen LogP contribution in [-0.2, 0) is 14.8 Å². The molecule has 0 radical (unpaired) electrons. The van der Waals surface area contributed by atoms with Gasteiger partial charge in [-0.3, -0.25) is 4.98 Å². The summed E-state index contributed by atoms with van der Waals surface area (Å²) in [5.74, 6) is -1.10. The molecule has 1 fully saturated rings. The Kier molecular flexibility index (Phi) is 4.43. The zero-order valence-corrected chi connectivity index (χ0v) is 12.6. The summed E-state index contributed by atoms with van der Waals surface area (Å²) in [5.41, 5.74) is 0.0885. The maximum Gasteiger partial charge on any atom is 0.328 e. The number of nitrogens with one attached hydrogen (secondary N) is 1. The smallest absolute Gasteiger partial charge is 0.328 e. The molecule has 1 aromatic rings. The second-order valence-corrected chi connectivity index (χ2v) is 6.90. The van der Waals surface area contributed by atoms with Crippen molar-refractivity contribution in [1.82, 2.24) is 9.71 Å². The molecular weight excluding hydrogens is 292 g/mol. The zero-order chi connectivity index (χ0) is 15.5. The summed E-state index contributed by atoms with van der Waals surface area (Å²) in [6.45, 7) is 1.96. The fourth-order valence-corrected chi connectivity index (χ4v) is 3.84. The van der Waals surface area contributed by atoms with Crippen molar-refractivity contribution >= 4 is 22.1 Å². The molecule has 0 bridgehead atoms. The molecule has 21 heavy (non-hydrogen) atoms. The molecule has 1 aliphatic carbocycles. The van der Waals surface area contributed by atoms with E-state index in [0.717, 1.165) is 31.8 Å². The zero-order valence-electron chi connectivity index (χ0n) is 11.7. The Morgan fingerprint density at radius 1 is 1.48 bits per heavy atom. The Bertz CT molecular complexity index is 658. The van der Waals surface area contributed by atoms with Crippen LogP contribution in [0.1, 0.15) is 38.2 Å². The van der Waals surface area contributed by atoms with E-state index in [4.69, 9.17) is 5.11 Å². The molecule has 7 heteroatoms. The summed E-state index contributed by atoms with van der Waals surface area (Å²) < 4.78 is 27.6. The minimum atomic E-state index is -3.65. The largest absolute Gasteiger partial charge is 0.478 e. The molecule has 1 heterocycles. The summed E-state index contributed by atoms with van der Waals surface area (Å²) in [5, 5.41) is 8.59. The first-order valence-electron chi connectivity index (χ1n) is 6.77. The Morgan fingerprint density at radius 3 is 2.71 bits per heavy atom. The predicted molar refractivity (Wildman–Crippen MR) is 78.1 cm³/mol. The van der Waals surface area contributed by atoms with Crippen LogP contribution in [0.15, 0.2) is 29.4 Å². The molecule has 114 valence electrons. The van der Waals surface area contributed by atoms with Gasteiger partial charge in [-0.15, -0.1) is 0 Å². The number of nitrogens with zero attached hydrogens (tertiary/aromatic N) is 1. The van der Waals surface area contributed by atoms with Crippen LogP contribution in [0.5, 0.6) is 0 Å². The van der Waals surface area contributed by atoms with Gasteiger partial charge in [0, 0.05) is 24.0 Å². The first-order chi connectivity index (χ1) is 9.87. The minimum Gasteiger partial charge on any atom is -0.478 e. The fraction of sp³-hybridized carbons (Fsp3) is 0.429. The van der Waals surface area contributed by atoms with Crippen molar-refractivity contribution in [2.24, 2.45) is 0 Å². The molecule has 0 atom stereocenters. The molecule has 0 aromatic carbocycles. The van der Waals surface area contributed by atoms with Crippen LogP contribution >= 0.6 is 0 Å². The third-order valence-corrected chi connectivity index (χ3v) is 5.35. The highest BCUT2D eigenvalue weighted by atomic mass is 32.2. The lowest BCUT2D eigenvalue weighted by Crippen LogP contribution is -2.52. The molecule has 0 aliphatic heterocycles. The van der Waals surface area contributed by atoms with Gasteiger partial charge >= 0.3 is 5.97 Å². The van der Waals surface area contributed by atoms with Gasteiger partial charge in [0.25, 0.3) is 0 Å². The van der Waals surface area contributed by atoms with E-state index >= 15 is 0 Å². The van der Waals surface area contributed by atoms with Crippen molar-refractivity contribution in [3.05, 3.63) is 30.1 Å². The number of pyridine rings is 1. The standard InChI is InChI=1S/C14H18N2O4S/c1-2-14(6-3-7-14)16-21(19,20)12-8-11(9-15-10-12)4-5-13(17)18/h4-5,8-10,16H,2-3,6-7H2,1H3,(H,17,18)/b5-4+. The molecule has 0 unspecified atom stereocenters. The molecular formula is C14H18N2O4S. The van der Waals surface area contributed by atoms with E-state index in [1.807, 2.05) is 6.92 Å². The third kappa shape index (κ3) is 3.68. The van der Waals surface area contributed by atoms with E-state index in [1.54, 1.807) is 0 Å². The van der Waals surface area contributed by atoms with Gasteiger partial charge in [-0.05, 0) is 43.4 Å². The van der Waals surface area contributed by atoms with Crippen LogP contribution in [0.3, 0.4) is 0 Å². The molecule has 0 spiro atoms. The second-order valence-electron chi connectivity index (χ2n) is 5.22. The van der Waals surface area contributed by atoms with E-state index in [-0.39, 0.29) is 10.4 Å². The van der Waals surface area contributed by atoms with Crippen molar-refractivity contribution in [2.45, 2.75) is 43.0 Å². The summed E-state index contributed by atoms with van der Waals surface area (Å²) in [7, 11) is -3.65. The van der Waals surface area contributed by atoms with E-state index in [9.17, 15) is 13.2 Å². The van der Waals surface area contributed by atoms with Crippen molar-refractivity contribution in [3.63, 3.8) is 0 Å². The monoisotopic (exact) mass is 310 g/mol. The van der Waals surface area contributed by atoms with Gasteiger partial charge < -0.3 is 5.11 Å². The van der Waals surface area contributed by atoms with Gasteiger partial charge in [-0.25, -0.2) is 17.9 Å². The summed E-state index contributed by atoms with van der Waals surface area (Å²) >= 11 is 0. The topological polar surface area (TPSA) is 96.4 Å². The van der Waals surface area contributed by atoms with Crippen LogP contribution in [0, 0.1) is 0 Å². The second kappa shape index (κ2) is 5.95. The summed E-state index contributed by atoms with van der Waals surface area (Å²) in [4.78, 5) is 14.4. The summed E-state index contributed by atoms with van der Waals surface area (Å²) in [6.07, 6.45) is 8.39. The van der Waals surface area contributed by atoms with Crippen LogP contribution < -0.4 is 4.72 Å². The average molecular weight is 310 g/mol. The Labute approximate surface area is 124 Å². The highest BCUT2D eigenvalue weighted by Gasteiger charge is 2.39. The van der Waals surface area contributed by atoms with Gasteiger partial charge in [-0.1, -0.05) is 6.92 Å². The van der Waals surface area contributed by atoms with Crippen molar-refractivity contribution in [3.8, 4) is 0 Å². The Hall–Kier alpha value is -1.73. The van der Waals surface area contributed by atoms with Gasteiger partial charge in [0.05, 0.1) is 0 Å². The third-order valence-electron chi connectivity index (χ3n) is 3.80. The molecule has 0 saturated heterocycles. The average Bonchev–Trinajstić information content (AvgIpc) is 2.41. The number of rotatable bonds is 6. The van der Waals surface area contributed by atoms with Gasteiger partial charge in [0.1, 0.15) is 4.90 Å². The van der Waals surface area contributed by atoms with E-state index in [1.165, 1.54) is 24.5 Å². The Morgan fingerprint density at radius 2 is 2.19 bits per heavy atom. The molecule has 6 nitrogen and oxygen atoms in total. The van der Waals surface area contributed by atoms with Crippen molar-refractivity contribution < 1.29 is 18.3 Å². The fourth-order valence-electron chi connectivity index (χ4n) is 2.32. The van der Waals surface area contributed by atoms with Crippen molar-refractivity contribution in [1.29, 1.82) is 0 Å². The van der Waals surface area contributed by atoms with Crippen LogP contribution in [-0.4, -0.2) is 30.0 Å². The molecule has 1 aliphatic rings. The lowest BCUT2D eigenvalue weighted by molar-refractivity contribution is -0.131. The number of hydrogen-bond acceptors (Lipinski definition) is 4. The lowest BCUT2D eigenvalue weighted by atomic mass is 9.76. The number of sulfonamides is 1. The van der Waals surface area contributed by atoms with Crippen molar-refractivity contribution in [2.75, 3.05) is 0 Å². The number of carboxylic acids is 1. The van der Waals surface area contributed by atoms with Crippen LogP contribution in [0.4, 0.5) is 0 Å². The van der Waals surface area contributed by atoms with Gasteiger partial charge in [0.2, 0.25) is 10.0 Å². The first kappa shape index (κ1) is 15.7. The quantitative estimate of drug-likeness (QED) is 0.781. The SMILES string of the molecule is CCC1(NS(=O)(=O)c2cncc(/C=C/C(=O)O)c2)CCC1. The molecule has 0 amide bonds. The number of aromatic nitrogens is 1. The highest BCUT2D eigenvalue weighted by molar-refractivity contribution is 7.89. The molecule has 2 rings (SSSR count). The molecule has 2 N–H and O–H groups in total. The first-order valence-corrected chi connectivity index (χ1v) is 8.25. The normalized spacial score (nSPS) is 17.6. The summed E-state index contributed by atoms with van der Waals surface area (Å²) in [6, 6.07) is 1.41. The number of carbonyl (C=O) groups is 1. The van der Waals surface area contributed by atoms with Gasteiger partial charge in [0.15, 0.2) is 0 Å². The number of hydrogen-bond donors (Lipinski definition) is 2. The minimum absolute atomic E-state index is 0.0507. The maximum absolute atomic E-state index is 12.4. The van der Waals surface area contributed by atoms with E-state index < -0.39 is 16.0 Å². The Balaban J connectivity index is 2.24. The molecule has 1 saturated carbocycles. The number of carboxylic acid groups (broad SMARTS) is 1. The van der Waals surface area contributed by atoms with Crippen LogP contribution in [0.25, 0.3) is 6.08 Å². The van der Waals surface area contributed by atoms with Crippen LogP contribution in [0.2, 0.25) is 0 Å². The lowest BCUT2D eigenvalue weighted by Gasteiger charge is -2.41. The number of aliphatic carboxylic acids is 1.